The number of benzene rings is 1. The number of carbonyl (C=O) groups is 1. The molecular formula is C9H10Cl2N4O. The van der Waals surface area contributed by atoms with E-state index in [0.29, 0.717) is 15.7 Å². The van der Waals surface area contributed by atoms with Gasteiger partial charge in [-0.2, -0.15) is 0 Å². The van der Waals surface area contributed by atoms with E-state index < -0.39 is 5.91 Å². The van der Waals surface area contributed by atoms with E-state index in [4.69, 9.17) is 40.1 Å². The normalized spacial score (nSPS) is 9.88. The van der Waals surface area contributed by atoms with Gasteiger partial charge in [-0.15, -0.1) is 0 Å². The van der Waals surface area contributed by atoms with E-state index in [-0.39, 0.29) is 12.5 Å². The summed E-state index contributed by atoms with van der Waals surface area (Å²) in [7, 11) is 0. The standard InChI is InChI=1S/C9H10Cl2N4O/c10-5-1-6(11)3-7(2-5)15(9(13)14)4-8(12)16/h1-3H,4H2,(H2,12,16)(H3,13,14). The van der Waals surface area contributed by atoms with E-state index in [2.05, 4.69) is 0 Å². The number of hydrogen-bond acceptors (Lipinski definition) is 2. The Morgan fingerprint density at radius 1 is 1.25 bits per heavy atom. The second kappa shape index (κ2) is 5.05. The van der Waals surface area contributed by atoms with Crippen LogP contribution in [0.3, 0.4) is 0 Å². The van der Waals surface area contributed by atoms with Crippen LogP contribution < -0.4 is 16.4 Å². The summed E-state index contributed by atoms with van der Waals surface area (Å²) >= 11 is 11.6. The smallest absolute Gasteiger partial charge is 0.237 e. The number of rotatable bonds is 3. The molecule has 1 amide bonds. The van der Waals surface area contributed by atoms with E-state index >= 15 is 0 Å². The van der Waals surface area contributed by atoms with Crippen LogP contribution in [-0.4, -0.2) is 18.4 Å². The average Bonchev–Trinajstić information content (AvgIpc) is 2.11. The van der Waals surface area contributed by atoms with E-state index in [1.807, 2.05) is 0 Å². The van der Waals surface area contributed by atoms with E-state index in [1.165, 1.54) is 23.1 Å². The number of halogens is 2. The summed E-state index contributed by atoms with van der Waals surface area (Å²) in [6.45, 7) is -0.202. The molecule has 1 aromatic carbocycles. The quantitative estimate of drug-likeness (QED) is 0.563. The van der Waals surface area contributed by atoms with Gasteiger partial charge in [0, 0.05) is 15.7 Å². The lowest BCUT2D eigenvalue weighted by Gasteiger charge is -2.21. The number of nitrogens with two attached hydrogens (primary N) is 2. The van der Waals surface area contributed by atoms with Crippen LogP contribution in [0, 0.1) is 5.41 Å². The van der Waals surface area contributed by atoms with Gasteiger partial charge in [-0.25, -0.2) is 0 Å². The maximum Gasteiger partial charge on any atom is 0.237 e. The summed E-state index contributed by atoms with van der Waals surface area (Å²) in [5.74, 6) is -0.913. The first-order valence-electron chi connectivity index (χ1n) is 4.26. The van der Waals surface area contributed by atoms with Crippen molar-refractivity contribution in [1.82, 2.24) is 0 Å². The highest BCUT2D eigenvalue weighted by Crippen LogP contribution is 2.25. The Morgan fingerprint density at radius 2 is 1.75 bits per heavy atom. The Labute approximate surface area is 102 Å². The summed E-state index contributed by atoms with van der Waals surface area (Å²) in [6, 6.07) is 4.62. The Kier molecular flexibility index (Phi) is 3.98. The van der Waals surface area contributed by atoms with Crippen molar-refractivity contribution in [3.8, 4) is 0 Å². The van der Waals surface area contributed by atoms with Gasteiger partial charge in [-0.1, -0.05) is 23.2 Å². The highest BCUT2D eigenvalue weighted by atomic mass is 35.5. The lowest BCUT2D eigenvalue weighted by Crippen LogP contribution is -2.42. The number of guanidine groups is 1. The molecule has 5 N–H and O–H groups in total. The number of hydrogen-bond donors (Lipinski definition) is 3. The van der Waals surface area contributed by atoms with Crippen LogP contribution in [0.5, 0.6) is 0 Å². The first-order valence-corrected chi connectivity index (χ1v) is 5.01. The molecule has 1 aromatic rings. The molecule has 0 aliphatic heterocycles. The molecule has 0 heterocycles. The van der Waals surface area contributed by atoms with Crippen molar-refractivity contribution in [3.05, 3.63) is 28.2 Å². The minimum Gasteiger partial charge on any atom is -0.370 e. The van der Waals surface area contributed by atoms with Gasteiger partial charge in [-0.05, 0) is 18.2 Å². The van der Waals surface area contributed by atoms with Crippen LogP contribution in [-0.2, 0) is 4.79 Å². The Hall–Kier alpha value is -1.46. The molecular weight excluding hydrogens is 251 g/mol. The number of carbonyl (C=O) groups excluding carboxylic acids is 1. The summed E-state index contributed by atoms with van der Waals surface area (Å²) in [4.78, 5) is 12.0. The zero-order valence-corrected chi connectivity index (χ0v) is 9.72. The molecule has 0 fully saturated rings. The second-order valence-electron chi connectivity index (χ2n) is 3.07. The molecule has 5 nitrogen and oxygen atoms in total. The molecule has 86 valence electrons. The fourth-order valence-electron chi connectivity index (χ4n) is 1.17. The van der Waals surface area contributed by atoms with Crippen LogP contribution in [0.1, 0.15) is 0 Å². The third-order valence-corrected chi connectivity index (χ3v) is 2.20. The molecule has 0 atom stereocenters. The van der Waals surface area contributed by atoms with E-state index in [0.717, 1.165) is 0 Å². The number of anilines is 1. The van der Waals surface area contributed by atoms with Crippen LogP contribution in [0.25, 0.3) is 0 Å². The zero-order chi connectivity index (χ0) is 12.3. The number of amides is 1. The summed E-state index contributed by atoms with van der Waals surface area (Å²) in [5, 5.41) is 8.11. The Bertz CT molecular complexity index is 415. The predicted molar refractivity (Wildman–Crippen MR) is 64.9 cm³/mol. The molecule has 1 rings (SSSR count). The first kappa shape index (κ1) is 12.6. The minimum atomic E-state index is -0.605. The van der Waals surface area contributed by atoms with Gasteiger partial charge in [0.05, 0.1) is 0 Å². The first-order chi connectivity index (χ1) is 7.40. The molecule has 0 aromatic heterocycles. The molecule has 0 spiro atoms. The van der Waals surface area contributed by atoms with Crippen molar-refractivity contribution in [2.45, 2.75) is 0 Å². The maximum absolute atomic E-state index is 10.8. The van der Waals surface area contributed by atoms with Gasteiger partial charge < -0.3 is 16.4 Å². The maximum atomic E-state index is 10.8. The largest absolute Gasteiger partial charge is 0.370 e. The van der Waals surface area contributed by atoms with E-state index in [9.17, 15) is 4.79 Å². The SMILES string of the molecule is N=C(N)N(CC(N)=O)c1cc(Cl)cc(Cl)c1. The lowest BCUT2D eigenvalue weighted by molar-refractivity contribution is -0.116. The molecule has 0 saturated carbocycles. The van der Waals surface area contributed by atoms with Gasteiger partial charge in [0.15, 0.2) is 5.96 Å². The predicted octanol–water partition coefficient (Wildman–Crippen LogP) is 1.18. The van der Waals surface area contributed by atoms with Crippen molar-refractivity contribution in [3.63, 3.8) is 0 Å². The van der Waals surface area contributed by atoms with Crippen molar-refractivity contribution in [2.24, 2.45) is 11.5 Å². The monoisotopic (exact) mass is 260 g/mol. The van der Waals surface area contributed by atoms with Gasteiger partial charge in [0.1, 0.15) is 6.54 Å². The summed E-state index contributed by atoms with van der Waals surface area (Å²) in [5.41, 5.74) is 10.8. The lowest BCUT2D eigenvalue weighted by atomic mass is 10.3. The van der Waals surface area contributed by atoms with Crippen molar-refractivity contribution in [2.75, 3.05) is 11.4 Å². The van der Waals surface area contributed by atoms with Crippen molar-refractivity contribution in [1.29, 1.82) is 5.41 Å². The number of nitrogens with zero attached hydrogens (tertiary/aromatic N) is 1. The topological polar surface area (TPSA) is 96.2 Å². The summed E-state index contributed by atoms with van der Waals surface area (Å²) < 4.78 is 0. The molecule has 0 radical (unpaired) electrons. The fourth-order valence-corrected chi connectivity index (χ4v) is 1.68. The van der Waals surface area contributed by atoms with Gasteiger partial charge in [-0.3, -0.25) is 10.2 Å². The molecule has 0 aliphatic rings. The van der Waals surface area contributed by atoms with Gasteiger partial charge in [0.2, 0.25) is 5.91 Å². The molecule has 7 heteroatoms. The van der Waals surface area contributed by atoms with Crippen LogP contribution in [0.2, 0.25) is 10.0 Å². The minimum absolute atomic E-state index is 0.202. The molecule has 0 bridgehead atoms. The zero-order valence-electron chi connectivity index (χ0n) is 8.21. The second-order valence-corrected chi connectivity index (χ2v) is 3.94. The van der Waals surface area contributed by atoms with Crippen LogP contribution in [0.15, 0.2) is 18.2 Å². The van der Waals surface area contributed by atoms with Crippen molar-refractivity contribution < 1.29 is 4.79 Å². The highest BCUT2D eigenvalue weighted by Gasteiger charge is 2.13. The average molecular weight is 261 g/mol. The van der Waals surface area contributed by atoms with Gasteiger partial charge >= 0.3 is 0 Å². The third-order valence-electron chi connectivity index (χ3n) is 1.76. The highest BCUT2D eigenvalue weighted by molar-refractivity contribution is 6.35. The molecule has 0 saturated heterocycles. The van der Waals surface area contributed by atoms with Gasteiger partial charge in [0.25, 0.3) is 0 Å². The van der Waals surface area contributed by atoms with E-state index in [1.54, 1.807) is 0 Å². The molecule has 0 unspecified atom stereocenters. The third kappa shape index (κ3) is 3.29. The number of primary amides is 1. The van der Waals surface area contributed by atoms with Crippen LogP contribution >= 0.6 is 23.2 Å². The number of nitrogens with one attached hydrogen (secondary N) is 1. The Balaban J connectivity index is 3.10. The van der Waals surface area contributed by atoms with Crippen molar-refractivity contribution >= 4 is 40.8 Å². The molecule has 16 heavy (non-hydrogen) atoms. The fraction of sp³-hybridized carbons (Fsp3) is 0.111. The summed E-state index contributed by atoms with van der Waals surface area (Å²) in [6.07, 6.45) is 0. The van der Waals surface area contributed by atoms with Crippen LogP contribution in [0.4, 0.5) is 5.69 Å². The molecule has 0 aliphatic carbocycles. The Morgan fingerprint density at radius 3 is 2.12 bits per heavy atom.